The first-order valence-electron chi connectivity index (χ1n) is 9.96. The summed E-state index contributed by atoms with van der Waals surface area (Å²) in [5, 5.41) is 10.7. The van der Waals surface area contributed by atoms with Gasteiger partial charge in [-0.3, -0.25) is 0 Å². The molecule has 1 N–H and O–H groups in total. The predicted molar refractivity (Wildman–Crippen MR) is 116 cm³/mol. The Labute approximate surface area is 171 Å². The van der Waals surface area contributed by atoms with Crippen LogP contribution in [0.15, 0.2) is 72.8 Å². The highest BCUT2D eigenvalue weighted by Gasteiger charge is 2.16. The molecule has 4 rings (SSSR count). The van der Waals surface area contributed by atoms with Gasteiger partial charge in [-0.25, -0.2) is 4.98 Å². The number of para-hydroxylation sites is 2. The Bertz CT molecular complexity index is 1120. The lowest BCUT2D eigenvalue weighted by atomic mass is 10.1. The van der Waals surface area contributed by atoms with Crippen molar-refractivity contribution in [3.05, 3.63) is 95.3 Å². The second kappa shape index (κ2) is 8.50. The third-order valence-electron chi connectivity index (χ3n) is 5.17. The smallest absolute Gasteiger partial charge is 0.119 e. The maximum absolute atomic E-state index is 10.7. The van der Waals surface area contributed by atoms with E-state index in [0.29, 0.717) is 6.54 Å². The van der Waals surface area contributed by atoms with Crippen molar-refractivity contribution in [2.75, 3.05) is 6.61 Å². The monoisotopic (exact) mass is 386 g/mol. The maximum atomic E-state index is 10.7. The Morgan fingerprint density at radius 3 is 2.59 bits per heavy atom. The van der Waals surface area contributed by atoms with Gasteiger partial charge in [0.1, 0.15) is 24.3 Å². The van der Waals surface area contributed by atoms with Gasteiger partial charge in [0, 0.05) is 6.42 Å². The van der Waals surface area contributed by atoms with Gasteiger partial charge in [-0.15, -0.1) is 0 Å². The summed E-state index contributed by atoms with van der Waals surface area (Å²) in [5.41, 5.74) is 5.61. The summed E-state index contributed by atoms with van der Waals surface area (Å²) in [5.74, 6) is 1.73. The first-order valence-corrected chi connectivity index (χ1v) is 9.96. The van der Waals surface area contributed by atoms with E-state index in [4.69, 9.17) is 9.72 Å². The van der Waals surface area contributed by atoms with Crippen LogP contribution in [-0.4, -0.2) is 27.4 Å². The van der Waals surface area contributed by atoms with Gasteiger partial charge in [0.05, 0.1) is 17.6 Å². The Kier molecular flexibility index (Phi) is 5.63. The minimum atomic E-state index is -0.635. The summed E-state index contributed by atoms with van der Waals surface area (Å²) in [6.45, 7) is 4.82. The van der Waals surface area contributed by atoms with Crippen molar-refractivity contribution in [3.8, 4) is 5.75 Å². The number of rotatable bonds is 7. The number of nitrogens with zero attached hydrogens (tertiary/aromatic N) is 2. The minimum absolute atomic E-state index is 0.236. The van der Waals surface area contributed by atoms with Crippen LogP contribution in [0.1, 0.15) is 22.5 Å². The van der Waals surface area contributed by atoms with Crippen LogP contribution in [0.5, 0.6) is 5.75 Å². The number of aromatic nitrogens is 2. The number of ether oxygens (including phenoxy) is 1. The van der Waals surface area contributed by atoms with Gasteiger partial charge < -0.3 is 14.4 Å². The zero-order chi connectivity index (χ0) is 20.2. The molecule has 0 saturated heterocycles. The molecule has 0 saturated carbocycles. The van der Waals surface area contributed by atoms with Crippen LogP contribution in [0.25, 0.3) is 11.0 Å². The van der Waals surface area contributed by atoms with Crippen LogP contribution in [0.3, 0.4) is 0 Å². The lowest BCUT2D eigenvalue weighted by Crippen LogP contribution is -2.24. The fourth-order valence-electron chi connectivity index (χ4n) is 3.60. The predicted octanol–water partition coefficient (Wildman–Crippen LogP) is 4.68. The molecular formula is C25H26N2O2. The Morgan fingerprint density at radius 2 is 1.76 bits per heavy atom. The molecule has 1 aromatic heterocycles. The molecule has 0 fully saturated rings. The van der Waals surface area contributed by atoms with Gasteiger partial charge in [-0.05, 0) is 54.8 Å². The lowest BCUT2D eigenvalue weighted by Gasteiger charge is -2.16. The molecule has 0 spiro atoms. The molecule has 0 radical (unpaired) electrons. The van der Waals surface area contributed by atoms with Crippen molar-refractivity contribution in [1.29, 1.82) is 0 Å². The average molecular weight is 386 g/mol. The molecular weight excluding hydrogens is 360 g/mol. The zero-order valence-electron chi connectivity index (χ0n) is 16.9. The molecule has 4 nitrogen and oxygen atoms in total. The number of hydrogen-bond donors (Lipinski definition) is 1. The second-order valence-corrected chi connectivity index (χ2v) is 7.51. The van der Waals surface area contributed by atoms with E-state index in [0.717, 1.165) is 34.6 Å². The van der Waals surface area contributed by atoms with Gasteiger partial charge in [0.25, 0.3) is 0 Å². The average Bonchev–Trinajstić information content (AvgIpc) is 3.05. The number of benzene rings is 3. The standard InChI is InChI=1S/C25H26N2O2/c1-18-8-7-11-22(14-18)29-17-21(28)16-27-24-13-6-5-12-23(24)26-25(27)15-20-10-4-3-9-19(20)2/h3-14,21,28H,15-17H2,1-2H3/t21-/m1/s1. The molecule has 1 atom stereocenters. The third-order valence-corrected chi connectivity index (χ3v) is 5.17. The highest BCUT2D eigenvalue weighted by molar-refractivity contribution is 5.76. The first kappa shape index (κ1) is 19.2. The van der Waals surface area contributed by atoms with Crippen LogP contribution in [-0.2, 0) is 13.0 Å². The third kappa shape index (κ3) is 4.49. The number of fused-ring (bicyclic) bond motifs is 1. The van der Waals surface area contributed by atoms with Crippen molar-refractivity contribution in [3.63, 3.8) is 0 Å². The van der Waals surface area contributed by atoms with E-state index >= 15 is 0 Å². The Morgan fingerprint density at radius 1 is 0.966 bits per heavy atom. The van der Waals surface area contributed by atoms with Gasteiger partial charge in [-0.1, -0.05) is 48.5 Å². The number of imidazole rings is 1. The summed E-state index contributed by atoms with van der Waals surface area (Å²) in [7, 11) is 0. The minimum Gasteiger partial charge on any atom is -0.491 e. The van der Waals surface area contributed by atoms with Gasteiger partial charge >= 0.3 is 0 Å². The van der Waals surface area contributed by atoms with E-state index < -0.39 is 6.10 Å². The number of aliphatic hydroxyl groups is 1. The van der Waals surface area contributed by atoms with Crippen LogP contribution in [0, 0.1) is 13.8 Å². The quantitative estimate of drug-likeness (QED) is 0.501. The van der Waals surface area contributed by atoms with Crippen molar-refractivity contribution >= 4 is 11.0 Å². The molecule has 0 bridgehead atoms. The number of aliphatic hydroxyl groups excluding tert-OH is 1. The molecule has 29 heavy (non-hydrogen) atoms. The lowest BCUT2D eigenvalue weighted by molar-refractivity contribution is 0.0928. The summed E-state index contributed by atoms with van der Waals surface area (Å²) < 4.78 is 7.92. The Hall–Kier alpha value is -3.11. The fourth-order valence-corrected chi connectivity index (χ4v) is 3.60. The molecule has 0 aliphatic heterocycles. The highest BCUT2D eigenvalue weighted by Crippen LogP contribution is 2.21. The largest absolute Gasteiger partial charge is 0.491 e. The fraction of sp³-hybridized carbons (Fsp3) is 0.240. The van der Waals surface area contributed by atoms with E-state index in [1.54, 1.807) is 0 Å². The molecule has 4 heteroatoms. The van der Waals surface area contributed by atoms with Crippen molar-refractivity contribution in [2.24, 2.45) is 0 Å². The summed E-state index contributed by atoms with van der Waals surface area (Å²) >= 11 is 0. The van der Waals surface area contributed by atoms with E-state index in [9.17, 15) is 5.11 Å². The van der Waals surface area contributed by atoms with Gasteiger partial charge in [0.2, 0.25) is 0 Å². The molecule has 0 unspecified atom stereocenters. The normalized spacial score (nSPS) is 12.2. The molecule has 0 amide bonds. The molecule has 3 aromatic carbocycles. The second-order valence-electron chi connectivity index (χ2n) is 7.51. The summed E-state index contributed by atoms with van der Waals surface area (Å²) in [4.78, 5) is 4.84. The van der Waals surface area contributed by atoms with Gasteiger partial charge in [-0.2, -0.15) is 0 Å². The molecule has 148 valence electrons. The topological polar surface area (TPSA) is 47.3 Å². The van der Waals surface area contributed by atoms with Crippen LogP contribution in [0.2, 0.25) is 0 Å². The highest BCUT2D eigenvalue weighted by atomic mass is 16.5. The Balaban J connectivity index is 1.56. The first-order chi connectivity index (χ1) is 14.1. The van der Waals surface area contributed by atoms with Crippen molar-refractivity contribution in [1.82, 2.24) is 9.55 Å². The number of aryl methyl sites for hydroxylation is 2. The molecule has 4 aromatic rings. The number of hydrogen-bond acceptors (Lipinski definition) is 3. The van der Waals surface area contributed by atoms with Gasteiger partial charge in [0.15, 0.2) is 0 Å². The summed E-state index contributed by atoms with van der Waals surface area (Å²) in [6, 6.07) is 24.3. The van der Waals surface area contributed by atoms with Crippen molar-refractivity contribution < 1.29 is 9.84 Å². The van der Waals surface area contributed by atoms with Crippen LogP contribution in [0.4, 0.5) is 0 Å². The van der Waals surface area contributed by atoms with Crippen LogP contribution >= 0.6 is 0 Å². The summed E-state index contributed by atoms with van der Waals surface area (Å²) in [6.07, 6.45) is 0.0936. The SMILES string of the molecule is Cc1cccc(OC[C@H](O)Cn2c(Cc3ccccc3C)nc3ccccc32)c1. The molecule has 0 aliphatic rings. The van der Waals surface area contributed by atoms with E-state index in [1.807, 2.05) is 55.5 Å². The van der Waals surface area contributed by atoms with E-state index in [-0.39, 0.29) is 6.61 Å². The van der Waals surface area contributed by atoms with E-state index in [1.165, 1.54) is 11.1 Å². The van der Waals surface area contributed by atoms with E-state index in [2.05, 4.69) is 35.8 Å². The molecule has 1 heterocycles. The van der Waals surface area contributed by atoms with Crippen LogP contribution < -0.4 is 4.74 Å². The van der Waals surface area contributed by atoms with Crippen molar-refractivity contribution in [2.45, 2.75) is 32.9 Å². The molecule has 0 aliphatic carbocycles. The zero-order valence-corrected chi connectivity index (χ0v) is 16.9. The maximum Gasteiger partial charge on any atom is 0.119 e.